The number of aryl methyl sites for hydroxylation is 1. The summed E-state index contributed by atoms with van der Waals surface area (Å²) in [6, 6.07) is 0. The maximum Gasteiger partial charge on any atom is 0.331 e. The molecule has 4 aromatic rings. The van der Waals surface area contributed by atoms with Crippen LogP contribution in [0.25, 0.3) is 21.5 Å². The van der Waals surface area contributed by atoms with Gasteiger partial charge in [0.15, 0.2) is 5.13 Å². The molecule has 0 aliphatic rings. The third kappa shape index (κ3) is 3.47. The highest BCUT2D eigenvalue weighted by atomic mass is 32.1. The number of thiazole rings is 1. The number of carbonyl (C=O) groups excluding carboxylic acids is 1. The summed E-state index contributed by atoms with van der Waals surface area (Å²) in [6.07, 6.45) is 1.74. The number of fused-ring (bicyclic) bond motifs is 1. The van der Waals surface area contributed by atoms with Crippen molar-refractivity contribution in [3.8, 4) is 11.3 Å². The molecule has 12 heteroatoms. The molecule has 0 fully saturated rings. The monoisotopic (exact) mass is 432 g/mol. The van der Waals surface area contributed by atoms with Gasteiger partial charge in [0, 0.05) is 37.4 Å². The fourth-order valence-corrected chi connectivity index (χ4v) is 4.56. The zero-order valence-corrected chi connectivity index (χ0v) is 16.8. The summed E-state index contributed by atoms with van der Waals surface area (Å²) >= 11 is 2.44. The topological polar surface area (TPSA) is 112 Å². The van der Waals surface area contributed by atoms with E-state index in [9.17, 15) is 18.8 Å². The highest BCUT2D eigenvalue weighted by Gasteiger charge is 2.17. The maximum absolute atomic E-state index is 12.8. The molecule has 4 aromatic heterocycles. The van der Waals surface area contributed by atoms with Gasteiger partial charge in [-0.25, -0.2) is 19.7 Å². The molecule has 0 unspecified atom stereocenters. The van der Waals surface area contributed by atoms with Crippen LogP contribution >= 0.6 is 22.7 Å². The van der Waals surface area contributed by atoms with Gasteiger partial charge in [-0.1, -0.05) is 0 Å². The predicted octanol–water partition coefficient (Wildman–Crippen LogP) is 1.53. The third-order valence-electron chi connectivity index (χ3n) is 4.26. The molecule has 0 saturated heterocycles. The standard InChI is InChI=1S/C17H13FN6O3S2/c1-23-13(26)12-8(6-28-14(12)24(2)17(23)27)3-11(25)22-16-21-10(7-29-16)9-4-19-15(18)20-5-9/h4-7H,3H2,1-2H3,(H,21,22,25). The van der Waals surface area contributed by atoms with E-state index in [1.54, 1.807) is 17.8 Å². The van der Waals surface area contributed by atoms with Crippen LogP contribution in [0.2, 0.25) is 0 Å². The molecule has 0 atom stereocenters. The Kier molecular flexibility index (Phi) is 4.80. The molecule has 4 heterocycles. The smallest absolute Gasteiger partial charge is 0.302 e. The van der Waals surface area contributed by atoms with Gasteiger partial charge in [0.05, 0.1) is 17.5 Å². The number of anilines is 1. The van der Waals surface area contributed by atoms with Gasteiger partial charge in [-0.3, -0.25) is 18.7 Å². The summed E-state index contributed by atoms with van der Waals surface area (Å²) in [5.74, 6) is -0.350. The number of carbonyl (C=O) groups is 1. The molecule has 0 radical (unpaired) electrons. The molecule has 0 aliphatic carbocycles. The molecule has 4 rings (SSSR count). The highest BCUT2D eigenvalue weighted by Crippen LogP contribution is 2.25. The molecule has 0 bridgehead atoms. The van der Waals surface area contributed by atoms with Gasteiger partial charge in [-0.2, -0.15) is 4.39 Å². The van der Waals surface area contributed by atoms with Gasteiger partial charge in [-0.05, 0) is 10.9 Å². The first-order valence-electron chi connectivity index (χ1n) is 8.24. The highest BCUT2D eigenvalue weighted by molar-refractivity contribution is 7.17. The molecular formula is C17H13FN6O3S2. The molecule has 0 aliphatic heterocycles. The van der Waals surface area contributed by atoms with Crippen molar-refractivity contribution in [2.75, 3.05) is 5.32 Å². The van der Waals surface area contributed by atoms with E-state index in [1.165, 1.54) is 46.7 Å². The van der Waals surface area contributed by atoms with Crippen molar-refractivity contribution in [2.45, 2.75) is 6.42 Å². The zero-order valence-electron chi connectivity index (χ0n) is 15.2. The van der Waals surface area contributed by atoms with Crippen molar-refractivity contribution in [1.82, 2.24) is 24.1 Å². The Morgan fingerprint density at radius 3 is 2.59 bits per heavy atom. The molecule has 1 N–H and O–H groups in total. The first-order chi connectivity index (χ1) is 13.8. The van der Waals surface area contributed by atoms with Crippen LogP contribution in [0, 0.1) is 6.08 Å². The summed E-state index contributed by atoms with van der Waals surface area (Å²) in [7, 11) is 2.99. The lowest BCUT2D eigenvalue weighted by molar-refractivity contribution is -0.115. The lowest BCUT2D eigenvalue weighted by Gasteiger charge is -2.05. The summed E-state index contributed by atoms with van der Waals surface area (Å²) in [6.45, 7) is 0. The fourth-order valence-electron chi connectivity index (χ4n) is 2.80. The number of nitrogens with one attached hydrogen (secondary N) is 1. The average Bonchev–Trinajstić information content (AvgIpc) is 3.32. The Labute approximate surface area is 170 Å². The van der Waals surface area contributed by atoms with E-state index in [0.29, 0.717) is 32.2 Å². The number of halogens is 1. The minimum atomic E-state index is -0.830. The second kappa shape index (κ2) is 7.29. The number of thiophene rings is 1. The molecule has 0 spiro atoms. The van der Waals surface area contributed by atoms with Crippen LogP contribution in [0.5, 0.6) is 0 Å². The Bertz CT molecular complexity index is 1350. The number of hydrogen-bond donors (Lipinski definition) is 1. The second-order valence-corrected chi connectivity index (χ2v) is 7.87. The maximum atomic E-state index is 12.8. The number of rotatable bonds is 4. The Hall–Kier alpha value is -3.25. The summed E-state index contributed by atoms with van der Waals surface area (Å²) in [4.78, 5) is 48.7. The quantitative estimate of drug-likeness (QED) is 0.490. The third-order valence-corrected chi connectivity index (χ3v) is 6.12. The number of hydrogen-bond acceptors (Lipinski definition) is 8. The van der Waals surface area contributed by atoms with E-state index in [0.717, 1.165) is 4.57 Å². The van der Waals surface area contributed by atoms with Crippen LogP contribution in [0.3, 0.4) is 0 Å². The normalized spacial score (nSPS) is 11.1. The Balaban J connectivity index is 1.56. The lowest BCUT2D eigenvalue weighted by atomic mass is 10.1. The van der Waals surface area contributed by atoms with E-state index < -0.39 is 17.3 Å². The van der Waals surface area contributed by atoms with Gasteiger partial charge in [0.2, 0.25) is 5.91 Å². The summed E-state index contributed by atoms with van der Waals surface area (Å²) in [5.41, 5.74) is 0.731. The van der Waals surface area contributed by atoms with Gasteiger partial charge < -0.3 is 5.32 Å². The molecule has 9 nitrogen and oxygen atoms in total. The van der Waals surface area contributed by atoms with Gasteiger partial charge >= 0.3 is 11.8 Å². The lowest BCUT2D eigenvalue weighted by Crippen LogP contribution is -2.36. The van der Waals surface area contributed by atoms with E-state index in [4.69, 9.17) is 0 Å². The van der Waals surface area contributed by atoms with Gasteiger partial charge in [0.1, 0.15) is 4.83 Å². The van der Waals surface area contributed by atoms with Crippen molar-refractivity contribution in [1.29, 1.82) is 0 Å². The summed E-state index contributed by atoms with van der Waals surface area (Å²) < 4.78 is 15.2. The van der Waals surface area contributed by atoms with Crippen LogP contribution in [-0.2, 0) is 25.3 Å². The number of amides is 1. The first kappa shape index (κ1) is 19.1. The molecule has 29 heavy (non-hydrogen) atoms. The van der Waals surface area contributed by atoms with E-state index in [1.807, 2.05) is 0 Å². The van der Waals surface area contributed by atoms with Crippen molar-refractivity contribution < 1.29 is 9.18 Å². The predicted molar refractivity (Wildman–Crippen MR) is 108 cm³/mol. The van der Waals surface area contributed by atoms with Crippen molar-refractivity contribution in [3.05, 3.63) is 55.6 Å². The average molecular weight is 432 g/mol. The van der Waals surface area contributed by atoms with Crippen molar-refractivity contribution in [3.63, 3.8) is 0 Å². The second-order valence-electron chi connectivity index (χ2n) is 6.15. The minimum absolute atomic E-state index is 0.0397. The first-order valence-corrected chi connectivity index (χ1v) is 10.0. The van der Waals surface area contributed by atoms with Crippen molar-refractivity contribution >= 4 is 43.9 Å². The van der Waals surface area contributed by atoms with E-state index >= 15 is 0 Å². The Morgan fingerprint density at radius 2 is 1.86 bits per heavy atom. The minimum Gasteiger partial charge on any atom is -0.302 e. The van der Waals surface area contributed by atoms with Crippen LogP contribution < -0.4 is 16.6 Å². The zero-order chi connectivity index (χ0) is 20.7. The molecule has 1 amide bonds. The van der Waals surface area contributed by atoms with Crippen LogP contribution in [0.4, 0.5) is 9.52 Å². The van der Waals surface area contributed by atoms with E-state index in [-0.39, 0.29) is 12.3 Å². The molecular weight excluding hydrogens is 419 g/mol. The van der Waals surface area contributed by atoms with Crippen molar-refractivity contribution in [2.24, 2.45) is 14.1 Å². The Morgan fingerprint density at radius 1 is 1.14 bits per heavy atom. The molecule has 0 aromatic carbocycles. The van der Waals surface area contributed by atoms with Crippen LogP contribution in [0.1, 0.15) is 5.56 Å². The number of aromatic nitrogens is 5. The summed E-state index contributed by atoms with van der Waals surface area (Å²) in [5, 5.41) is 6.80. The van der Waals surface area contributed by atoms with Crippen LogP contribution in [-0.4, -0.2) is 30.0 Å². The molecule has 148 valence electrons. The SMILES string of the molecule is Cn1c(=O)c2c(CC(=O)Nc3nc(-c4cnc(F)nc4)cs3)csc2n(C)c1=O. The van der Waals surface area contributed by atoms with Gasteiger partial charge in [-0.15, -0.1) is 22.7 Å². The fraction of sp³-hybridized carbons (Fsp3) is 0.176. The van der Waals surface area contributed by atoms with Gasteiger partial charge in [0.25, 0.3) is 5.56 Å². The largest absolute Gasteiger partial charge is 0.331 e. The van der Waals surface area contributed by atoms with Crippen LogP contribution in [0.15, 0.2) is 32.7 Å². The molecule has 0 saturated carbocycles. The van der Waals surface area contributed by atoms with E-state index in [2.05, 4.69) is 20.3 Å². The number of nitrogens with zero attached hydrogens (tertiary/aromatic N) is 5.